The van der Waals surface area contributed by atoms with E-state index in [4.69, 9.17) is 0 Å². The molecule has 1 aromatic carbocycles. The largest absolute Gasteiger partial charge is 0.292 e. The molecule has 98 valence electrons. The van der Waals surface area contributed by atoms with E-state index in [1.807, 2.05) is 0 Å². The summed E-state index contributed by atoms with van der Waals surface area (Å²) in [4.78, 5) is 20.0. The Kier molecular flexibility index (Phi) is 3.67. The van der Waals surface area contributed by atoms with E-state index in [-0.39, 0.29) is 4.90 Å². The molecule has 0 radical (unpaired) electrons. The van der Waals surface area contributed by atoms with E-state index >= 15 is 0 Å². The minimum Gasteiger partial charge on any atom is -0.258 e. The Morgan fingerprint density at radius 3 is 2.37 bits per heavy atom. The quantitative estimate of drug-likeness (QED) is 0.637. The van der Waals surface area contributed by atoms with Crippen LogP contribution < -0.4 is 0 Å². The molecule has 0 unspecified atom stereocenters. The summed E-state index contributed by atoms with van der Waals surface area (Å²) in [7, 11) is -1.72. The number of hydrogen-bond donors (Lipinski definition) is 0. The number of benzene rings is 1. The maximum absolute atomic E-state index is 12.2. The van der Waals surface area contributed by atoms with Crippen LogP contribution in [-0.4, -0.2) is 14.1 Å². The molecule has 9 heteroatoms. The third-order valence-electron chi connectivity index (χ3n) is 2.23. The number of nitrogens with zero attached hydrogens (tertiary/aromatic N) is 2. The summed E-state index contributed by atoms with van der Waals surface area (Å²) in [6.45, 7) is 0. The van der Waals surface area contributed by atoms with Gasteiger partial charge in [0.1, 0.15) is 15.7 Å². The summed E-state index contributed by atoms with van der Waals surface area (Å²) in [6.07, 6.45) is 0. The highest BCUT2D eigenvalue weighted by molar-refractivity contribution is 7.87. The number of non-ortho nitro benzene ring substituents is 1. The molecule has 0 saturated heterocycles. The maximum atomic E-state index is 12.2. The predicted octanol–water partition coefficient (Wildman–Crippen LogP) is 2.73. The van der Waals surface area contributed by atoms with Gasteiger partial charge in [-0.1, -0.05) is 6.07 Å². The van der Waals surface area contributed by atoms with Gasteiger partial charge in [-0.05, 0) is 17.5 Å². The first kappa shape index (κ1) is 13.3. The van der Waals surface area contributed by atoms with Gasteiger partial charge in [0, 0.05) is 6.07 Å². The molecule has 2 aromatic rings. The van der Waals surface area contributed by atoms with Crippen molar-refractivity contribution in [2.45, 2.75) is 9.10 Å². The summed E-state index contributed by atoms with van der Waals surface area (Å²) >= 11 is 1.20. The molecule has 7 nitrogen and oxygen atoms in total. The van der Waals surface area contributed by atoms with Gasteiger partial charge in [-0.15, -0.1) is 11.3 Å². The fourth-order valence-corrected chi connectivity index (χ4v) is 3.56. The number of rotatable bonds is 4. The van der Waals surface area contributed by atoms with Crippen molar-refractivity contribution in [2.75, 3.05) is 0 Å². The SMILES string of the molecule is O=[N+]([O-])c1ccc([S@](=O)c2cccs2)c([N+](=O)[O-])c1. The van der Waals surface area contributed by atoms with Gasteiger partial charge >= 0.3 is 0 Å². The average molecular weight is 298 g/mol. The zero-order chi connectivity index (χ0) is 14.0. The van der Waals surface area contributed by atoms with Gasteiger partial charge < -0.3 is 0 Å². The molecule has 0 amide bonds. The first-order chi connectivity index (χ1) is 9.00. The molecule has 1 heterocycles. The predicted molar refractivity (Wildman–Crippen MR) is 68.7 cm³/mol. The Bertz CT molecular complexity index is 669. The zero-order valence-corrected chi connectivity index (χ0v) is 10.8. The second kappa shape index (κ2) is 5.24. The normalized spacial score (nSPS) is 12.0. The van der Waals surface area contributed by atoms with Gasteiger partial charge in [-0.2, -0.15) is 0 Å². The van der Waals surface area contributed by atoms with Crippen molar-refractivity contribution >= 4 is 33.5 Å². The lowest BCUT2D eigenvalue weighted by Crippen LogP contribution is -1.99. The van der Waals surface area contributed by atoms with Gasteiger partial charge in [-0.25, -0.2) is 4.21 Å². The number of thiophene rings is 1. The lowest BCUT2D eigenvalue weighted by atomic mass is 10.3. The average Bonchev–Trinajstić information content (AvgIpc) is 2.90. The topological polar surface area (TPSA) is 103 Å². The molecule has 0 fully saturated rings. The van der Waals surface area contributed by atoms with Crippen molar-refractivity contribution in [3.8, 4) is 0 Å². The second-order valence-corrected chi connectivity index (χ2v) is 5.99. The molecule has 2 rings (SSSR count). The van der Waals surface area contributed by atoms with Crippen molar-refractivity contribution < 1.29 is 14.1 Å². The first-order valence-corrected chi connectivity index (χ1v) is 6.92. The molecule has 0 aliphatic heterocycles. The third kappa shape index (κ3) is 2.66. The molecule has 0 bridgehead atoms. The Morgan fingerprint density at radius 2 is 1.84 bits per heavy atom. The van der Waals surface area contributed by atoms with E-state index in [1.165, 1.54) is 11.3 Å². The number of hydrogen-bond acceptors (Lipinski definition) is 6. The highest BCUT2D eigenvalue weighted by Crippen LogP contribution is 2.31. The van der Waals surface area contributed by atoms with Crippen molar-refractivity contribution in [1.29, 1.82) is 0 Å². The maximum Gasteiger partial charge on any atom is 0.292 e. The molecule has 1 aromatic heterocycles. The smallest absolute Gasteiger partial charge is 0.258 e. The second-order valence-electron chi connectivity index (χ2n) is 3.37. The summed E-state index contributed by atoms with van der Waals surface area (Å²) in [6, 6.07) is 6.35. The molecule has 0 spiro atoms. The monoisotopic (exact) mass is 298 g/mol. The molecule has 19 heavy (non-hydrogen) atoms. The molecule has 1 atom stereocenters. The Balaban J connectivity index is 2.54. The fourth-order valence-electron chi connectivity index (χ4n) is 1.40. The van der Waals surface area contributed by atoms with Crippen LogP contribution in [0, 0.1) is 20.2 Å². The van der Waals surface area contributed by atoms with Crippen molar-refractivity contribution in [1.82, 2.24) is 0 Å². The molecular weight excluding hydrogens is 292 g/mol. The van der Waals surface area contributed by atoms with Crippen LogP contribution in [0.2, 0.25) is 0 Å². The summed E-state index contributed by atoms with van der Waals surface area (Å²) in [5.41, 5.74) is -0.917. The van der Waals surface area contributed by atoms with E-state index < -0.39 is 32.0 Å². The van der Waals surface area contributed by atoms with Gasteiger partial charge in [0.05, 0.1) is 20.1 Å². The van der Waals surface area contributed by atoms with E-state index in [0.717, 1.165) is 18.2 Å². The summed E-state index contributed by atoms with van der Waals surface area (Å²) in [5.74, 6) is 0. The highest BCUT2D eigenvalue weighted by atomic mass is 32.2. The van der Waals surface area contributed by atoms with Crippen LogP contribution in [0.1, 0.15) is 0 Å². The lowest BCUT2D eigenvalue weighted by Gasteiger charge is -2.01. The van der Waals surface area contributed by atoms with Crippen LogP contribution in [0.5, 0.6) is 0 Å². The van der Waals surface area contributed by atoms with Crippen LogP contribution in [0.3, 0.4) is 0 Å². The van der Waals surface area contributed by atoms with Crippen LogP contribution >= 0.6 is 11.3 Å². The molecule has 0 saturated carbocycles. The van der Waals surface area contributed by atoms with E-state index in [1.54, 1.807) is 17.5 Å². The van der Waals surface area contributed by atoms with Crippen LogP contribution in [0.4, 0.5) is 11.4 Å². The molecular formula is C10H6N2O5S2. The standard InChI is InChI=1S/C10H6N2O5S2/c13-11(14)7-3-4-9(8(6-7)12(15)16)19(17)10-2-1-5-18-10/h1-6H/t19-/m0/s1. The van der Waals surface area contributed by atoms with Gasteiger partial charge in [0.2, 0.25) is 0 Å². The Labute approximate surface area is 113 Å². The number of nitro benzene ring substituents is 2. The van der Waals surface area contributed by atoms with E-state index in [0.29, 0.717) is 4.21 Å². The minimum absolute atomic E-state index is 0.0435. The van der Waals surface area contributed by atoms with Crippen molar-refractivity contribution in [3.05, 3.63) is 55.9 Å². The zero-order valence-electron chi connectivity index (χ0n) is 9.22. The van der Waals surface area contributed by atoms with Crippen molar-refractivity contribution in [2.24, 2.45) is 0 Å². The van der Waals surface area contributed by atoms with E-state index in [9.17, 15) is 24.4 Å². The van der Waals surface area contributed by atoms with Crippen LogP contribution in [-0.2, 0) is 10.8 Å². The Hall–Kier alpha value is -2.13. The highest BCUT2D eigenvalue weighted by Gasteiger charge is 2.24. The summed E-state index contributed by atoms with van der Waals surface area (Å²) < 4.78 is 12.6. The number of nitro groups is 2. The molecule has 0 aliphatic carbocycles. The minimum atomic E-state index is -1.72. The third-order valence-corrected chi connectivity index (χ3v) is 4.88. The van der Waals surface area contributed by atoms with Crippen LogP contribution in [0.15, 0.2) is 44.8 Å². The lowest BCUT2D eigenvalue weighted by molar-refractivity contribution is -0.396. The van der Waals surface area contributed by atoms with Crippen molar-refractivity contribution in [3.63, 3.8) is 0 Å². The summed E-state index contributed by atoms with van der Waals surface area (Å²) in [5, 5.41) is 23.2. The fraction of sp³-hybridized carbons (Fsp3) is 0. The van der Waals surface area contributed by atoms with E-state index in [2.05, 4.69) is 0 Å². The van der Waals surface area contributed by atoms with Gasteiger partial charge in [0.15, 0.2) is 0 Å². The first-order valence-electron chi connectivity index (χ1n) is 4.89. The molecule has 0 aliphatic rings. The van der Waals surface area contributed by atoms with Gasteiger partial charge in [0.25, 0.3) is 11.4 Å². The Morgan fingerprint density at radius 1 is 1.11 bits per heavy atom. The van der Waals surface area contributed by atoms with Gasteiger partial charge in [-0.3, -0.25) is 20.2 Å². The molecule has 0 N–H and O–H groups in total. The van der Waals surface area contributed by atoms with Crippen LogP contribution in [0.25, 0.3) is 0 Å².